The quantitative estimate of drug-likeness (QED) is 0.548. The number of thioether (sulfide) groups is 1. The number of carboxylic acids is 1. The van der Waals surface area contributed by atoms with Crippen molar-refractivity contribution in [1.29, 1.82) is 0 Å². The Balaban J connectivity index is 1.93. The summed E-state index contributed by atoms with van der Waals surface area (Å²) >= 11 is 1.69. The van der Waals surface area contributed by atoms with Crippen molar-refractivity contribution >= 4 is 29.6 Å². The number of amides is 1. The molecule has 1 saturated heterocycles. The third-order valence-electron chi connectivity index (χ3n) is 3.94. The van der Waals surface area contributed by atoms with Gasteiger partial charge in [0.1, 0.15) is 6.10 Å². The lowest BCUT2D eigenvalue weighted by Gasteiger charge is -2.27. The maximum atomic E-state index is 12.3. The highest BCUT2D eigenvalue weighted by molar-refractivity contribution is 7.99. The molecule has 0 bridgehead atoms. The fourth-order valence-electron chi connectivity index (χ4n) is 2.82. The first-order valence-electron chi connectivity index (χ1n) is 7.23. The number of hydrogen-bond donors (Lipinski definition) is 2. The average molecular weight is 328 g/mol. The van der Waals surface area contributed by atoms with Crippen LogP contribution in [0.15, 0.2) is 12.2 Å². The first-order chi connectivity index (χ1) is 10.5. The second-order valence-corrected chi connectivity index (χ2v) is 6.48. The molecule has 3 atom stereocenters. The molecular weight excluding hydrogens is 308 g/mol. The molecular formula is C14H20N2O5S. The third kappa shape index (κ3) is 4.23. The molecule has 1 aliphatic carbocycles. The monoisotopic (exact) mass is 328 g/mol. The molecule has 7 nitrogen and oxygen atoms in total. The smallest absolute Gasteiger partial charge is 0.331 e. The molecule has 1 amide bonds. The Labute approximate surface area is 132 Å². The van der Waals surface area contributed by atoms with Crippen molar-refractivity contribution in [3.8, 4) is 0 Å². The molecule has 2 fully saturated rings. The minimum Gasteiger partial charge on any atom is -0.478 e. The number of nitrogens with two attached hydrogens (primary N) is 1. The first-order valence-corrected chi connectivity index (χ1v) is 8.38. The second-order valence-electron chi connectivity index (χ2n) is 5.41. The maximum absolute atomic E-state index is 12.3. The molecule has 0 spiro atoms. The molecule has 0 aromatic heterocycles. The van der Waals surface area contributed by atoms with Gasteiger partial charge in [0.15, 0.2) is 0 Å². The van der Waals surface area contributed by atoms with E-state index in [0.717, 1.165) is 30.7 Å². The summed E-state index contributed by atoms with van der Waals surface area (Å²) in [7, 11) is 0. The van der Waals surface area contributed by atoms with Crippen molar-refractivity contribution in [1.82, 2.24) is 4.90 Å². The van der Waals surface area contributed by atoms with Crippen molar-refractivity contribution in [2.75, 3.05) is 18.2 Å². The van der Waals surface area contributed by atoms with Gasteiger partial charge in [0.25, 0.3) is 0 Å². The van der Waals surface area contributed by atoms with Crippen molar-refractivity contribution < 1.29 is 24.2 Å². The van der Waals surface area contributed by atoms with E-state index in [1.54, 1.807) is 16.7 Å². The predicted octanol–water partition coefficient (Wildman–Crippen LogP) is 0.199. The summed E-state index contributed by atoms with van der Waals surface area (Å²) in [5.74, 6) is -0.652. The Bertz CT molecular complexity index is 476. The minimum absolute atomic E-state index is 0.0981. The van der Waals surface area contributed by atoms with Gasteiger partial charge in [-0.1, -0.05) is 0 Å². The highest BCUT2D eigenvalue weighted by atomic mass is 32.2. The Hall–Kier alpha value is -1.54. The number of aliphatic carboxylic acids is 1. The van der Waals surface area contributed by atoms with Crippen molar-refractivity contribution in [2.45, 2.75) is 31.4 Å². The standard InChI is InChI=1S/C14H20N2O5S/c15-13(14(20)16-6-7-22-8-16)9-2-1-3-10(9)21-12(19)5-4-11(17)18/h4-5,9-10,13H,1-3,6-8,15H2,(H,17,18)/t9-,10-,13+/m1/s1. The van der Waals surface area contributed by atoms with Crippen molar-refractivity contribution in [3.63, 3.8) is 0 Å². The summed E-state index contributed by atoms with van der Waals surface area (Å²) in [4.78, 5) is 36.0. The number of rotatable bonds is 5. The van der Waals surface area contributed by atoms with E-state index in [4.69, 9.17) is 15.6 Å². The molecule has 1 aliphatic heterocycles. The van der Waals surface area contributed by atoms with Gasteiger partial charge in [0.05, 0.1) is 11.9 Å². The van der Waals surface area contributed by atoms with Gasteiger partial charge in [0, 0.05) is 30.4 Å². The lowest BCUT2D eigenvalue weighted by atomic mass is 9.95. The summed E-state index contributed by atoms with van der Waals surface area (Å²) in [5, 5.41) is 8.49. The minimum atomic E-state index is -1.21. The molecule has 8 heteroatoms. The summed E-state index contributed by atoms with van der Waals surface area (Å²) in [6.45, 7) is 0.704. The molecule has 0 radical (unpaired) electrons. The second kappa shape index (κ2) is 7.64. The van der Waals surface area contributed by atoms with Crippen LogP contribution in [0.4, 0.5) is 0 Å². The van der Waals surface area contributed by atoms with Crippen molar-refractivity contribution in [2.24, 2.45) is 11.7 Å². The van der Waals surface area contributed by atoms with Crippen LogP contribution in [0, 0.1) is 5.92 Å². The maximum Gasteiger partial charge on any atom is 0.331 e. The summed E-state index contributed by atoms with van der Waals surface area (Å²) in [6.07, 6.45) is 3.39. The van der Waals surface area contributed by atoms with Gasteiger partial charge in [0.2, 0.25) is 5.91 Å². The van der Waals surface area contributed by atoms with Gasteiger partial charge >= 0.3 is 11.9 Å². The van der Waals surface area contributed by atoms with Crippen LogP contribution in [0.25, 0.3) is 0 Å². The fraction of sp³-hybridized carbons (Fsp3) is 0.643. The number of carbonyl (C=O) groups excluding carboxylic acids is 2. The predicted molar refractivity (Wildman–Crippen MR) is 81.0 cm³/mol. The zero-order chi connectivity index (χ0) is 16.1. The molecule has 0 aromatic rings. The van der Waals surface area contributed by atoms with Crippen LogP contribution in [0.1, 0.15) is 19.3 Å². The van der Waals surface area contributed by atoms with E-state index >= 15 is 0 Å². The van der Waals surface area contributed by atoms with Crippen LogP contribution in [0.3, 0.4) is 0 Å². The summed E-state index contributed by atoms with van der Waals surface area (Å²) in [6, 6.07) is -0.678. The van der Waals surface area contributed by atoms with Gasteiger partial charge < -0.3 is 20.5 Å². The van der Waals surface area contributed by atoms with Gasteiger partial charge in [-0.2, -0.15) is 0 Å². The van der Waals surface area contributed by atoms with E-state index in [9.17, 15) is 14.4 Å². The molecule has 2 aliphatic rings. The Morgan fingerprint density at radius 2 is 2.09 bits per heavy atom. The molecule has 1 saturated carbocycles. The van der Waals surface area contributed by atoms with Gasteiger partial charge in [-0.25, -0.2) is 9.59 Å². The van der Waals surface area contributed by atoms with Crippen LogP contribution >= 0.6 is 11.8 Å². The van der Waals surface area contributed by atoms with Crippen LogP contribution in [0.2, 0.25) is 0 Å². The lowest BCUT2D eigenvalue weighted by Crippen LogP contribution is -2.49. The van der Waals surface area contributed by atoms with E-state index in [2.05, 4.69) is 0 Å². The van der Waals surface area contributed by atoms with Crippen molar-refractivity contribution in [3.05, 3.63) is 12.2 Å². The van der Waals surface area contributed by atoms with E-state index in [0.29, 0.717) is 18.8 Å². The number of esters is 1. The SMILES string of the molecule is N[C@H](C(=O)N1CCSC1)[C@@H]1CCC[C@H]1OC(=O)C=CC(=O)O. The van der Waals surface area contributed by atoms with Crippen LogP contribution in [-0.2, 0) is 19.1 Å². The number of carboxylic acid groups (broad SMARTS) is 1. The fourth-order valence-corrected chi connectivity index (χ4v) is 3.78. The Morgan fingerprint density at radius 1 is 1.32 bits per heavy atom. The van der Waals surface area contributed by atoms with Gasteiger partial charge in [-0.3, -0.25) is 4.79 Å². The molecule has 22 heavy (non-hydrogen) atoms. The average Bonchev–Trinajstić information content (AvgIpc) is 3.15. The van der Waals surface area contributed by atoms with Crippen LogP contribution in [-0.4, -0.2) is 58.2 Å². The lowest BCUT2D eigenvalue weighted by molar-refractivity contribution is -0.147. The topological polar surface area (TPSA) is 110 Å². The van der Waals surface area contributed by atoms with E-state index in [1.807, 2.05) is 0 Å². The Morgan fingerprint density at radius 3 is 2.73 bits per heavy atom. The zero-order valence-corrected chi connectivity index (χ0v) is 13.0. The van der Waals surface area contributed by atoms with E-state index in [1.165, 1.54) is 0 Å². The van der Waals surface area contributed by atoms with E-state index < -0.39 is 24.1 Å². The molecule has 0 aromatic carbocycles. The summed E-state index contributed by atoms with van der Waals surface area (Å²) < 4.78 is 5.26. The normalized spacial score (nSPS) is 26.3. The van der Waals surface area contributed by atoms with Crippen LogP contribution < -0.4 is 5.73 Å². The summed E-state index contributed by atoms with van der Waals surface area (Å²) in [5.41, 5.74) is 6.09. The molecule has 1 heterocycles. The third-order valence-corrected chi connectivity index (χ3v) is 4.91. The largest absolute Gasteiger partial charge is 0.478 e. The van der Waals surface area contributed by atoms with Gasteiger partial charge in [-0.15, -0.1) is 11.8 Å². The molecule has 3 N–H and O–H groups in total. The number of hydrogen-bond acceptors (Lipinski definition) is 6. The molecule has 122 valence electrons. The number of carbonyl (C=O) groups is 3. The van der Waals surface area contributed by atoms with Crippen LogP contribution in [0.5, 0.6) is 0 Å². The molecule has 2 rings (SSSR count). The van der Waals surface area contributed by atoms with E-state index in [-0.39, 0.29) is 11.8 Å². The highest BCUT2D eigenvalue weighted by Crippen LogP contribution is 2.31. The first kappa shape index (κ1) is 16.8. The Kier molecular flexibility index (Phi) is 5.84. The highest BCUT2D eigenvalue weighted by Gasteiger charge is 2.39. The van der Waals surface area contributed by atoms with Gasteiger partial charge in [-0.05, 0) is 19.3 Å². The number of nitrogens with zero attached hydrogens (tertiary/aromatic N) is 1. The number of ether oxygens (including phenoxy) is 1. The zero-order valence-electron chi connectivity index (χ0n) is 12.1. The molecule has 0 unspecified atom stereocenters.